The molecule has 0 spiro atoms. The normalized spacial score (nSPS) is 10.6. The van der Waals surface area contributed by atoms with Crippen LogP contribution in [0.25, 0.3) is 5.69 Å². The Morgan fingerprint density at radius 1 is 0.897 bits per heavy atom. The fourth-order valence-corrected chi connectivity index (χ4v) is 4.79. The van der Waals surface area contributed by atoms with Gasteiger partial charge in [0.05, 0.1) is 20.4 Å². The van der Waals surface area contributed by atoms with E-state index in [4.69, 9.17) is 9.47 Å². The Labute approximate surface area is 230 Å². The molecule has 0 radical (unpaired) electrons. The molecule has 0 atom stereocenters. The zero-order valence-electron chi connectivity index (χ0n) is 22.1. The summed E-state index contributed by atoms with van der Waals surface area (Å²) in [4.78, 5) is 8.02. The number of aromatic nitrogens is 2. The van der Waals surface area contributed by atoms with E-state index in [1.54, 1.807) is 62.2 Å². The Bertz CT molecular complexity index is 1510. The summed E-state index contributed by atoms with van der Waals surface area (Å²) >= 11 is 1.16. The van der Waals surface area contributed by atoms with Gasteiger partial charge in [0.15, 0.2) is 16.7 Å². The van der Waals surface area contributed by atoms with Gasteiger partial charge >= 0.3 is 0 Å². The maximum absolute atomic E-state index is 14.9. The lowest BCUT2D eigenvalue weighted by Crippen LogP contribution is -2.14. The molecule has 6 nitrogen and oxygen atoms in total. The first-order valence-electron chi connectivity index (χ1n) is 11.8. The number of hydrogen-bond donors (Lipinski definition) is 0. The maximum Gasteiger partial charge on any atom is 0.174 e. The predicted octanol–water partition coefficient (Wildman–Crippen LogP) is 6.24. The standard InChI is InChI=1S/C29H27F3N4O2S/c1-34(2)13-12-19-14-24(31)23(25(32)15-19)18-39-29-33-17-28(36(29)21-8-6-20(30)7-9-21)35(3)22-10-11-26(37-4)27(16-22)38-5/h6-11,14-17H,18H2,1-5H3. The van der Waals surface area contributed by atoms with Crippen LogP contribution < -0.4 is 14.4 Å². The van der Waals surface area contributed by atoms with Crippen molar-refractivity contribution in [2.45, 2.75) is 10.9 Å². The van der Waals surface area contributed by atoms with Crippen molar-refractivity contribution in [3.8, 4) is 29.2 Å². The molecule has 0 amide bonds. The summed E-state index contributed by atoms with van der Waals surface area (Å²) in [5, 5.41) is 0.471. The minimum absolute atomic E-state index is 0.0171. The van der Waals surface area contributed by atoms with Gasteiger partial charge in [0.2, 0.25) is 0 Å². The van der Waals surface area contributed by atoms with Crippen LogP contribution in [-0.2, 0) is 5.75 Å². The second-order valence-electron chi connectivity index (χ2n) is 8.65. The second kappa shape index (κ2) is 12.1. The number of benzene rings is 3. The highest BCUT2D eigenvalue weighted by Gasteiger charge is 2.20. The molecule has 39 heavy (non-hydrogen) atoms. The maximum atomic E-state index is 14.9. The molecule has 1 aromatic heterocycles. The number of ether oxygens (including phenoxy) is 2. The zero-order valence-corrected chi connectivity index (χ0v) is 22.9. The molecule has 0 aliphatic heterocycles. The number of thioether (sulfide) groups is 1. The van der Waals surface area contributed by atoms with Gasteiger partial charge in [-0.25, -0.2) is 18.2 Å². The van der Waals surface area contributed by atoms with Crippen molar-refractivity contribution < 1.29 is 22.6 Å². The van der Waals surface area contributed by atoms with Crippen LogP contribution in [0.15, 0.2) is 66.0 Å². The number of methoxy groups -OCH3 is 2. The van der Waals surface area contributed by atoms with Crippen LogP contribution in [0, 0.1) is 29.4 Å². The average molecular weight is 553 g/mol. The van der Waals surface area contributed by atoms with Crippen LogP contribution in [0.1, 0.15) is 11.1 Å². The van der Waals surface area contributed by atoms with Gasteiger partial charge in [-0.2, -0.15) is 0 Å². The van der Waals surface area contributed by atoms with Crippen LogP contribution in [0.2, 0.25) is 0 Å². The number of imidazole rings is 1. The van der Waals surface area contributed by atoms with Crippen LogP contribution in [-0.4, -0.2) is 49.8 Å². The van der Waals surface area contributed by atoms with E-state index in [-0.39, 0.29) is 22.7 Å². The Kier molecular flexibility index (Phi) is 8.62. The number of rotatable bonds is 8. The van der Waals surface area contributed by atoms with E-state index in [1.165, 1.54) is 24.3 Å². The van der Waals surface area contributed by atoms with Gasteiger partial charge in [-0.05, 0) is 54.5 Å². The van der Waals surface area contributed by atoms with Crippen molar-refractivity contribution >= 4 is 23.3 Å². The van der Waals surface area contributed by atoms with E-state index in [1.807, 2.05) is 24.1 Å². The number of hydrogen-bond acceptors (Lipinski definition) is 6. The Morgan fingerprint density at radius 3 is 2.18 bits per heavy atom. The minimum atomic E-state index is -0.687. The summed E-state index contributed by atoms with van der Waals surface area (Å²) in [6, 6.07) is 16.6. The fraction of sp³-hybridized carbons (Fsp3) is 0.207. The Balaban J connectivity index is 1.70. The van der Waals surface area contributed by atoms with Crippen LogP contribution >= 0.6 is 11.8 Å². The van der Waals surface area contributed by atoms with Crippen molar-refractivity contribution in [3.63, 3.8) is 0 Å². The largest absolute Gasteiger partial charge is 0.493 e. The molecule has 4 rings (SSSR count). The molecule has 0 saturated carbocycles. The SMILES string of the molecule is COc1ccc(N(C)c2cnc(SCc3c(F)cc(C#CN(C)C)cc3F)n2-c2ccc(F)cc2)cc1OC. The lowest BCUT2D eigenvalue weighted by atomic mass is 10.1. The number of halogens is 3. The molecule has 4 aromatic rings. The summed E-state index contributed by atoms with van der Waals surface area (Å²) in [7, 11) is 8.44. The highest BCUT2D eigenvalue weighted by molar-refractivity contribution is 7.98. The predicted molar refractivity (Wildman–Crippen MR) is 148 cm³/mol. The third-order valence-corrected chi connectivity index (χ3v) is 6.78. The molecule has 0 fully saturated rings. The quantitative estimate of drug-likeness (QED) is 0.147. The smallest absolute Gasteiger partial charge is 0.174 e. The third kappa shape index (κ3) is 6.26. The Hall–Kier alpha value is -4.23. The molecule has 3 aromatic carbocycles. The van der Waals surface area contributed by atoms with Crippen molar-refractivity contribution in [2.75, 3.05) is 40.3 Å². The molecule has 1 heterocycles. The van der Waals surface area contributed by atoms with Gasteiger partial charge in [0.1, 0.15) is 23.3 Å². The molecule has 0 aliphatic carbocycles. The fourth-order valence-electron chi connectivity index (χ4n) is 3.79. The van der Waals surface area contributed by atoms with Crippen LogP contribution in [0.3, 0.4) is 0 Å². The van der Waals surface area contributed by atoms with E-state index < -0.39 is 11.6 Å². The molecular formula is C29H27F3N4O2S. The molecule has 0 bridgehead atoms. The van der Waals surface area contributed by atoms with Crippen molar-refractivity contribution in [3.05, 3.63) is 89.4 Å². The van der Waals surface area contributed by atoms with Gasteiger partial charge < -0.3 is 19.3 Å². The van der Waals surface area contributed by atoms with Gasteiger partial charge in [-0.15, -0.1) is 0 Å². The van der Waals surface area contributed by atoms with Gasteiger partial charge in [0, 0.05) is 61.5 Å². The minimum Gasteiger partial charge on any atom is -0.493 e. The summed E-state index contributed by atoms with van der Waals surface area (Å²) in [6.07, 6.45) is 1.65. The first-order chi connectivity index (χ1) is 18.7. The first-order valence-corrected chi connectivity index (χ1v) is 12.8. The van der Waals surface area contributed by atoms with E-state index in [9.17, 15) is 13.2 Å². The summed E-state index contributed by atoms with van der Waals surface area (Å²) in [5.74, 6) is 2.73. The Morgan fingerprint density at radius 2 is 1.56 bits per heavy atom. The van der Waals surface area contributed by atoms with Crippen molar-refractivity contribution in [1.82, 2.24) is 14.5 Å². The zero-order chi connectivity index (χ0) is 28.1. The molecule has 10 heteroatoms. The van der Waals surface area contributed by atoms with Gasteiger partial charge in [0.25, 0.3) is 0 Å². The second-order valence-corrected chi connectivity index (χ2v) is 9.59. The van der Waals surface area contributed by atoms with E-state index in [0.29, 0.717) is 28.2 Å². The highest BCUT2D eigenvalue weighted by atomic mass is 32.2. The van der Waals surface area contributed by atoms with Gasteiger partial charge in [-0.1, -0.05) is 11.8 Å². The first kappa shape index (κ1) is 27.8. The molecule has 0 unspecified atom stereocenters. The molecule has 0 N–H and O–H groups in total. The summed E-state index contributed by atoms with van der Waals surface area (Å²) in [6.45, 7) is 0. The summed E-state index contributed by atoms with van der Waals surface area (Å²) in [5.41, 5.74) is 1.57. The van der Waals surface area contributed by atoms with E-state index >= 15 is 0 Å². The molecular weight excluding hydrogens is 525 g/mol. The van der Waals surface area contributed by atoms with Crippen molar-refractivity contribution in [2.24, 2.45) is 0 Å². The van der Waals surface area contributed by atoms with Crippen LogP contribution in [0.5, 0.6) is 11.5 Å². The molecule has 202 valence electrons. The lowest BCUT2D eigenvalue weighted by molar-refractivity contribution is 0.355. The highest BCUT2D eigenvalue weighted by Crippen LogP contribution is 2.37. The third-order valence-electron chi connectivity index (χ3n) is 5.80. The molecule has 0 saturated heterocycles. The number of nitrogens with zero attached hydrogens (tertiary/aromatic N) is 4. The lowest BCUT2D eigenvalue weighted by Gasteiger charge is -2.23. The number of anilines is 2. The van der Waals surface area contributed by atoms with E-state index in [0.717, 1.165) is 17.4 Å². The van der Waals surface area contributed by atoms with Crippen LogP contribution in [0.4, 0.5) is 24.7 Å². The average Bonchev–Trinajstić information content (AvgIpc) is 3.34. The molecule has 0 aliphatic rings. The van der Waals surface area contributed by atoms with Crippen molar-refractivity contribution in [1.29, 1.82) is 0 Å². The van der Waals surface area contributed by atoms with E-state index in [2.05, 4.69) is 16.9 Å². The van der Waals surface area contributed by atoms with Gasteiger partial charge in [-0.3, -0.25) is 4.57 Å². The monoisotopic (exact) mass is 552 g/mol. The topological polar surface area (TPSA) is 42.8 Å². The summed E-state index contributed by atoms with van der Waals surface area (Å²) < 4.78 is 56.0.